The molecule has 1 amide bonds. The molecule has 0 bridgehead atoms. The van der Waals surface area contributed by atoms with Gasteiger partial charge in [-0.25, -0.2) is 4.39 Å². The smallest absolute Gasteiger partial charge is 0.257 e. The molecule has 3 aromatic rings. The number of fused-ring (bicyclic) bond motifs is 1. The number of hydrogen-bond acceptors (Lipinski definition) is 3. The predicted molar refractivity (Wildman–Crippen MR) is 124 cm³/mol. The summed E-state index contributed by atoms with van der Waals surface area (Å²) in [4.78, 5) is 17.8. The number of hydrogen-bond donors (Lipinski definition) is 1. The van der Waals surface area contributed by atoms with Gasteiger partial charge in [-0.05, 0) is 79.3 Å². The maximum absolute atomic E-state index is 13.3. The molecule has 0 unspecified atom stereocenters. The van der Waals surface area contributed by atoms with Gasteiger partial charge in [0.2, 0.25) is 0 Å². The average Bonchev–Trinajstić information content (AvgIpc) is 3.04. The van der Waals surface area contributed by atoms with Gasteiger partial charge in [-0.2, -0.15) is 0 Å². The molecule has 0 saturated carbocycles. The molecule has 0 aromatic heterocycles. The van der Waals surface area contributed by atoms with Crippen LogP contribution < -0.4 is 0 Å². The van der Waals surface area contributed by atoms with E-state index < -0.39 is 0 Å². The van der Waals surface area contributed by atoms with Crippen LogP contribution in [0.3, 0.4) is 0 Å². The zero-order valence-corrected chi connectivity index (χ0v) is 18.3. The van der Waals surface area contributed by atoms with E-state index in [4.69, 9.17) is 0 Å². The van der Waals surface area contributed by atoms with Crippen LogP contribution in [0.1, 0.15) is 48.0 Å². The van der Waals surface area contributed by atoms with Crippen LogP contribution in [0.5, 0.6) is 5.75 Å². The number of phenolic OH excluding ortho intramolecular Hbond substituents is 1. The lowest BCUT2D eigenvalue weighted by molar-refractivity contribution is 0.0735. The highest BCUT2D eigenvalue weighted by molar-refractivity contribution is 6.01. The number of carbonyl (C=O) groups is 1. The van der Waals surface area contributed by atoms with Gasteiger partial charge in [-0.1, -0.05) is 36.4 Å². The van der Waals surface area contributed by atoms with E-state index in [1.807, 2.05) is 47.4 Å². The summed E-state index contributed by atoms with van der Waals surface area (Å²) in [5, 5.41) is 12.4. The third-order valence-corrected chi connectivity index (χ3v) is 7.33. The van der Waals surface area contributed by atoms with Crippen LogP contribution in [-0.2, 0) is 6.54 Å². The second-order valence-electron chi connectivity index (χ2n) is 9.24. The first-order valence-corrected chi connectivity index (χ1v) is 11.5. The summed E-state index contributed by atoms with van der Waals surface area (Å²) in [5.74, 6) is -0.245. The third kappa shape index (κ3) is 3.97. The molecular weight excluding hydrogens is 403 g/mol. The van der Waals surface area contributed by atoms with Gasteiger partial charge < -0.3 is 10.0 Å². The molecule has 32 heavy (non-hydrogen) atoms. The highest BCUT2D eigenvalue weighted by Gasteiger charge is 2.42. The minimum absolute atomic E-state index is 0.0477. The van der Waals surface area contributed by atoms with Crippen LogP contribution in [0, 0.1) is 5.82 Å². The highest BCUT2D eigenvalue weighted by atomic mass is 19.1. The van der Waals surface area contributed by atoms with Gasteiger partial charge in [0.1, 0.15) is 11.6 Å². The lowest BCUT2D eigenvalue weighted by atomic mass is 9.87. The first-order chi connectivity index (χ1) is 15.5. The van der Waals surface area contributed by atoms with E-state index in [1.54, 1.807) is 6.07 Å². The fourth-order valence-electron chi connectivity index (χ4n) is 5.57. The molecule has 5 heteroatoms. The van der Waals surface area contributed by atoms with Crippen LogP contribution in [-0.4, -0.2) is 46.0 Å². The molecule has 1 atom stereocenters. The molecule has 5 rings (SSSR count). The first-order valence-electron chi connectivity index (χ1n) is 11.5. The quantitative estimate of drug-likeness (QED) is 0.607. The van der Waals surface area contributed by atoms with Gasteiger partial charge in [0.05, 0.1) is 5.56 Å². The fraction of sp³-hybridized carbons (Fsp3) is 0.370. The van der Waals surface area contributed by atoms with Gasteiger partial charge in [0, 0.05) is 25.2 Å². The topological polar surface area (TPSA) is 43.8 Å². The normalized spacial score (nSPS) is 21.8. The number of carbonyl (C=O) groups excluding carboxylic acids is 1. The van der Waals surface area contributed by atoms with Crippen molar-refractivity contribution in [2.75, 3.05) is 19.6 Å². The van der Waals surface area contributed by atoms with Crippen molar-refractivity contribution in [2.24, 2.45) is 0 Å². The molecule has 2 aliphatic rings. The van der Waals surface area contributed by atoms with E-state index in [0.717, 1.165) is 61.5 Å². The van der Waals surface area contributed by atoms with Crippen molar-refractivity contribution in [1.29, 1.82) is 0 Å². The number of benzene rings is 3. The van der Waals surface area contributed by atoms with Crippen LogP contribution in [0.2, 0.25) is 0 Å². The van der Waals surface area contributed by atoms with Crippen molar-refractivity contribution in [3.05, 3.63) is 77.6 Å². The predicted octanol–water partition coefficient (Wildman–Crippen LogP) is 5.35. The SMILES string of the molecule is O=C(c1cc2ccccc2cc1O)N1CCC[C@]2(CCCN2Cc2ccc(F)cc2)CC1. The number of phenols is 1. The first kappa shape index (κ1) is 21.0. The number of halogens is 1. The number of likely N-dealkylation sites (tertiary alicyclic amines) is 2. The van der Waals surface area contributed by atoms with Crippen LogP contribution >= 0.6 is 0 Å². The Bertz CT molecular complexity index is 1130. The van der Waals surface area contributed by atoms with Crippen molar-refractivity contribution in [1.82, 2.24) is 9.80 Å². The maximum Gasteiger partial charge on any atom is 0.257 e. The number of rotatable bonds is 3. The summed E-state index contributed by atoms with van der Waals surface area (Å²) in [6, 6.07) is 18.1. The summed E-state index contributed by atoms with van der Waals surface area (Å²) < 4.78 is 13.3. The molecule has 2 saturated heterocycles. The van der Waals surface area contributed by atoms with Crippen molar-refractivity contribution in [2.45, 2.75) is 44.2 Å². The van der Waals surface area contributed by atoms with Gasteiger partial charge in [-0.15, -0.1) is 0 Å². The largest absolute Gasteiger partial charge is 0.507 e. The molecular formula is C27H29FN2O2. The van der Waals surface area contributed by atoms with Crippen molar-refractivity contribution in [3.8, 4) is 5.75 Å². The lowest BCUT2D eigenvalue weighted by Gasteiger charge is -2.38. The third-order valence-electron chi connectivity index (χ3n) is 7.33. The Morgan fingerprint density at radius 2 is 1.59 bits per heavy atom. The monoisotopic (exact) mass is 432 g/mol. The average molecular weight is 433 g/mol. The summed E-state index contributed by atoms with van der Waals surface area (Å²) in [7, 11) is 0. The minimum atomic E-state index is -0.203. The van der Waals surface area contributed by atoms with Crippen molar-refractivity contribution >= 4 is 16.7 Å². The summed E-state index contributed by atoms with van der Waals surface area (Å²) in [5.41, 5.74) is 1.61. The molecule has 2 fully saturated rings. The van der Waals surface area contributed by atoms with Crippen LogP contribution in [0.4, 0.5) is 4.39 Å². The number of nitrogens with zero attached hydrogens (tertiary/aromatic N) is 2. The second kappa shape index (κ2) is 8.55. The maximum atomic E-state index is 13.3. The van der Waals surface area contributed by atoms with Gasteiger partial charge in [-0.3, -0.25) is 9.69 Å². The summed E-state index contributed by atoms with van der Waals surface area (Å²) in [6.07, 6.45) is 5.22. The lowest BCUT2D eigenvalue weighted by Crippen LogP contribution is -2.44. The van der Waals surface area contributed by atoms with E-state index in [9.17, 15) is 14.3 Å². The summed E-state index contributed by atoms with van der Waals surface area (Å²) >= 11 is 0. The van der Waals surface area contributed by atoms with E-state index in [2.05, 4.69) is 4.90 Å². The van der Waals surface area contributed by atoms with Gasteiger partial charge in [0.25, 0.3) is 5.91 Å². The fourth-order valence-corrected chi connectivity index (χ4v) is 5.57. The Hall–Kier alpha value is -2.92. The Labute approximate surface area is 188 Å². The van der Waals surface area contributed by atoms with Gasteiger partial charge in [0.15, 0.2) is 0 Å². The Kier molecular flexibility index (Phi) is 5.60. The van der Waals surface area contributed by atoms with E-state index >= 15 is 0 Å². The van der Waals surface area contributed by atoms with E-state index in [-0.39, 0.29) is 23.0 Å². The highest BCUT2D eigenvalue weighted by Crippen LogP contribution is 2.40. The molecule has 0 radical (unpaired) electrons. The zero-order valence-electron chi connectivity index (χ0n) is 18.3. The molecule has 3 aromatic carbocycles. The van der Waals surface area contributed by atoms with Crippen molar-refractivity contribution < 1.29 is 14.3 Å². The van der Waals surface area contributed by atoms with Gasteiger partial charge >= 0.3 is 0 Å². The standard InChI is InChI=1S/C27H29FN2O2/c28-23-9-7-20(8-10-23)19-30-15-4-12-27(30)11-3-14-29(16-13-27)26(32)24-17-21-5-1-2-6-22(21)18-25(24)31/h1-2,5-10,17-18,31H,3-4,11-16,19H2/t27-/m0/s1. The molecule has 0 aliphatic carbocycles. The minimum Gasteiger partial charge on any atom is -0.507 e. The Balaban J connectivity index is 1.33. The van der Waals surface area contributed by atoms with E-state index in [0.29, 0.717) is 18.7 Å². The van der Waals surface area contributed by atoms with Crippen molar-refractivity contribution in [3.63, 3.8) is 0 Å². The van der Waals surface area contributed by atoms with Crippen LogP contribution in [0.25, 0.3) is 10.8 Å². The zero-order chi connectivity index (χ0) is 22.1. The number of aromatic hydroxyl groups is 1. The molecule has 2 heterocycles. The Morgan fingerprint density at radius 1 is 0.906 bits per heavy atom. The van der Waals surface area contributed by atoms with Crippen LogP contribution in [0.15, 0.2) is 60.7 Å². The number of amides is 1. The molecule has 4 nitrogen and oxygen atoms in total. The summed E-state index contributed by atoms with van der Waals surface area (Å²) in [6.45, 7) is 3.25. The Morgan fingerprint density at radius 3 is 2.34 bits per heavy atom. The molecule has 2 aliphatic heterocycles. The molecule has 1 spiro atoms. The van der Waals surface area contributed by atoms with E-state index in [1.165, 1.54) is 12.1 Å². The molecule has 1 N–H and O–H groups in total. The second-order valence-corrected chi connectivity index (χ2v) is 9.24. The molecule has 166 valence electrons.